The zero-order valence-corrected chi connectivity index (χ0v) is 8.69. The Balaban J connectivity index is 4.55. The number of rotatable bonds is 3. The van der Waals surface area contributed by atoms with Gasteiger partial charge in [0.25, 0.3) is 0 Å². The van der Waals surface area contributed by atoms with Crippen LogP contribution >= 0.6 is 0 Å². The van der Waals surface area contributed by atoms with E-state index in [0.29, 0.717) is 0 Å². The van der Waals surface area contributed by atoms with Gasteiger partial charge in [-0.2, -0.15) is 0 Å². The molecule has 70 valence electrons. The van der Waals surface area contributed by atoms with Gasteiger partial charge < -0.3 is 10.1 Å². The lowest BCUT2D eigenvalue weighted by Gasteiger charge is -2.21. The summed E-state index contributed by atoms with van der Waals surface area (Å²) in [4.78, 5) is 0. The maximum Gasteiger partial charge on any atom is 0.103 e. The summed E-state index contributed by atoms with van der Waals surface area (Å²) in [6, 6.07) is 0. The van der Waals surface area contributed by atoms with Gasteiger partial charge in [-0.1, -0.05) is 27.4 Å². The Labute approximate surface area is 75.3 Å². The van der Waals surface area contributed by atoms with Crippen LogP contribution in [0.2, 0.25) is 0 Å². The minimum atomic E-state index is 0.0362. The first-order valence-electron chi connectivity index (χ1n) is 4.04. The molecule has 0 aromatic heterocycles. The van der Waals surface area contributed by atoms with E-state index in [1.807, 2.05) is 13.1 Å². The highest BCUT2D eigenvalue weighted by Crippen LogP contribution is 2.25. The van der Waals surface area contributed by atoms with Crippen molar-refractivity contribution in [3.63, 3.8) is 0 Å². The van der Waals surface area contributed by atoms with Crippen molar-refractivity contribution in [2.24, 2.45) is 5.41 Å². The largest absolute Gasteiger partial charge is 0.500 e. The summed E-state index contributed by atoms with van der Waals surface area (Å²) in [6.45, 7) is 10.1. The lowest BCUT2D eigenvalue weighted by atomic mass is 9.93. The van der Waals surface area contributed by atoms with E-state index < -0.39 is 0 Å². The van der Waals surface area contributed by atoms with E-state index in [0.717, 1.165) is 11.5 Å². The molecule has 2 nitrogen and oxygen atoms in total. The molecule has 0 bridgehead atoms. The van der Waals surface area contributed by atoms with Gasteiger partial charge in [0.1, 0.15) is 5.76 Å². The number of hydrogen-bond donors (Lipinski definition) is 1. The third kappa shape index (κ3) is 3.46. The molecule has 0 amide bonds. The zero-order chi connectivity index (χ0) is 9.78. The molecule has 0 aromatic rings. The van der Waals surface area contributed by atoms with Crippen LogP contribution < -0.4 is 5.32 Å². The van der Waals surface area contributed by atoms with Crippen molar-refractivity contribution in [1.29, 1.82) is 0 Å². The third-order valence-corrected chi connectivity index (χ3v) is 1.59. The second-order valence-corrected chi connectivity index (χ2v) is 3.74. The van der Waals surface area contributed by atoms with Crippen LogP contribution in [0.25, 0.3) is 0 Å². The molecule has 0 radical (unpaired) electrons. The highest BCUT2D eigenvalue weighted by molar-refractivity contribution is 5.18. The van der Waals surface area contributed by atoms with Crippen molar-refractivity contribution in [2.45, 2.75) is 20.8 Å². The predicted molar refractivity (Wildman–Crippen MR) is 52.7 cm³/mol. The first-order chi connectivity index (χ1) is 5.41. The minimum Gasteiger partial charge on any atom is -0.500 e. The minimum absolute atomic E-state index is 0.0362. The quantitative estimate of drug-likeness (QED) is 0.517. The Bertz CT molecular complexity index is 187. The van der Waals surface area contributed by atoms with Gasteiger partial charge >= 0.3 is 0 Å². The molecule has 0 fully saturated rings. The molecule has 0 rings (SSSR count). The van der Waals surface area contributed by atoms with Gasteiger partial charge in [0.2, 0.25) is 0 Å². The fraction of sp³-hybridized carbons (Fsp3) is 0.600. The molecule has 0 aliphatic carbocycles. The number of likely N-dealkylation sites (N-methyl/N-ethyl adjacent to an activating group) is 1. The van der Waals surface area contributed by atoms with Crippen LogP contribution in [0, 0.1) is 5.41 Å². The van der Waals surface area contributed by atoms with Crippen LogP contribution in [0.1, 0.15) is 20.8 Å². The van der Waals surface area contributed by atoms with Crippen LogP contribution in [0.4, 0.5) is 0 Å². The zero-order valence-electron chi connectivity index (χ0n) is 8.69. The van der Waals surface area contributed by atoms with Crippen LogP contribution in [-0.4, -0.2) is 14.2 Å². The van der Waals surface area contributed by atoms with E-state index in [1.54, 1.807) is 7.11 Å². The number of methoxy groups -OCH3 is 1. The fourth-order valence-electron chi connectivity index (χ4n) is 0.812. The number of allylic oxidation sites excluding steroid dienone is 2. The second kappa shape index (κ2) is 4.19. The highest BCUT2D eigenvalue weighted by atomic mass is 16.5. The molecule has 0 unspecified atom stereocenters. The summed E-state index contributed by atoms with van der Waals surface area (Å²) in [5.41, 5.74) is 0.899. The summed E-state index contributed by atoms with van der Waals surface area (Å²) in [5.74, 6) is 0.932. The molecule has 0 aromatic carbocycles. The molecule has 1 N–H and O–H groups in total. The van der Waals surface area contributed by atoms with Crippen molar-refractivity contribution in [3.8, 4) is 0 Å². The molecule has 2 heteroatoms. The standard InChI is InChI=1S/C10H19NO/c1-8(11-5)7-9(12-6)10(2,3)4/h7,11H,1H2,2-6H3/b9-7+. The third-order valence-electron chi connectivity index (χ3n) is 1.59. The Kier molecular flexibility index (Phi) is 3.87. The van der Waals surface area contributed by atoms with Gasteiger partial charge in [0.05, 0.1) is 7.11 Å². The molecule has 0 atom stereocenters. The van der Waals surface area contributed by atoms with Crippen LogP contribution in [0.15, 0.2) is 24.1 Å². The van der Waals surface area contributed by atoms with Gasteiger partial charge in [-0.3, -0.25) is 0 Å². The lowest BCUT2D eigenvalue weighted by molar-refractivity contribution is 0.206. The molecule has 0 spiro atoms. The molecule has 12 heavy (non-hydrogen) atoms. The van der Waals surface area contributed by atoms with Crippen molar-refractivity contribution >= 4 is 0 Å². The van der Waals surface area contributed by atoms with E-state index in [1.165, 1.54) is 0 Å². The summed E-state index contributed by atoms with van der Waals surface area (Å²) >= 11 is 0. The Morgan fingerprint density at radius 3 is 2.17 bits per heavy atom. The van der Waals surface area contributed by atoms with E-state index in [-0.39, 0.29) is 5.41 Å². The smallest absolute Gasteiger partial charge is 0.103 e. The van der Waals surface area contributed by atoms with E-state index in [4.69, 9.17) is 4.74 Å². The van der Waals surface area contributed by atoms with Crippen molar-refractivity contribution in [3.05, 3.63) is 24.1 Å². The molecule has 0 heterocycles. The summed E-state index contributed by atoms with van der Waals surface area (Å²) in [7, 11) is 3.52. The van der Waals surface area contributed by atoms with Crippen LogP contribution in [0.3, 0.4) is 0 Å². The normalized spacial score (nSPS) is 12.6. The Hall–Kier alpha value is -0.920. The van der Waals surface area contributed by atoms with Gasteiger partial charge in [-0.25, -0.2) is 0 Å². The monoisotopic (exact) mass is 169 g/mol. The molecule has 0 aliphatic rings. The molecular weight excluding hydrogens is 150 g/mol. The maximum absolute atomic E-state index is 5.25. The average molecular weight is 169 g/mol. The molecule has 0 aliphatic heterocycles. The number of nitrogens with one attached hydrogen (secondary N) is 1. The second-order valence-electron chi connectivity index (χ2n) is 3.74. The van der Waals surface area contributed by atoms with Gasteiger partial charge in [0, 0.05) is 18.2 Å². The van der Waals surface area contributed by atoms with Gasteiger partial charge in [-0.15, -0.1) is 0 Å². The summed E-state index contributed by atoms with van der Waals surface area (Å²) < 4.78 is 5.25. The Morgan fingerprint density at radius 1 is 1.42 bits per heavy atom. The van der Waals surface area contributed by atoms with Gasteiger partial charge in [-0.05, 0) is 6.08 Å². The maximum atomic E-state index is 5.25. The molecule has 0 saturated heterocycles. The van der Waals surface area contributed by atoms with E-state index >= 15 is 0 Å². The van der Waals surface area contributed by atoms with Crippen molar-refractivity contribution in [1.82, 2.24) is 5.32 Å². The van der Waals surface area contributed by atoms with Crippen molar-refractivity contribution < 1.29 is 4.74 Å². The van der Waals surface area contributed by atoms with E-state index in [9.17, 15) is 0 Å². The number of ether oxygens (including phenoxy) is 1. The first-order valence-corrected chi connectivity index (χ1v) is 4.04. The SMILES string of the molecule is C=C(/C=C(/OC)C(C)(C)C)NC. The average Bonchev–Trinajstić information content (AvgIpc) is 1.97. The Morgan fingerprint density at radius 2 is 1.92 bits per heavy atom. The summed E-state index contributed by atoms with van der Waals surface area (Å²) in [5, 5.41) is 2.95. The molecule has 0 saturated carbocycles. The lowest BCUT2D eigenvalue weighted by Crippen LogP contribution is -2.13. The number of hydrogen-bond acceptors (Lipinski definition) is 2. The van der Waals surface area contributed by atoms with Crippen molar-refractivity contribution in [2.75, 3.05) is 14.2 Å². The van der Waals surface area contributed by atoms with Gasteiger partial charge in [0.15, 0.2) is 0 Å². The fourth-order valence-corrected chi connectivity index (χ4v) is 0.812. The van der Waals surface area contributed by atoms with Crippen LogP contribution in [-0.2, 0) is 4.74 Å². The van der Waals surface area contributed by atoms with E-state index in [2.05, 4.69) is 32.7 Å². The topological polar surface area (TPSA) is 21.3 Å². The first kappa shape index (κ1) is 11.1. The predicted octanol–water partition coefficient (Wildman–Crippen LogP) is 2.30. The molecular formula is C10H19NO. The summed E-state index contributed by atoms with van der Waals surface area (Å²) in [6.07, 6.45) is 1.92. The van der Waals surface area contributed by atoms with Crippen LogP contribution in [0.5, 0.6) is 0 Å². The highest BCUT2D eigenvalue weighted by Gasteiger charge is 2.17.